The minimum atomic E-state index is -0.720. The van der Waals surface area contributed by atoms with Crippen LogP contribution >= 0.6 is 12.4 Å². The topological polar surface area (TPSA) is 51.2 Å². The number of fused-ring (bicyclic) bond motifs is 1. The molecule has 0 fully saturated rings. The Balaban J connectivity index is 0.00000192. The van der Waals surface area contributed by atoms with Crippen LogP contribution in [0.15, 0.2) is 54.7 Å². The first-order valence-electron chi connectivity index (χ1n) is 7.31. The molecule has 0 aliphatic rings. The summed E-state index contributed by atoms with van der Waals surface area (Å²) in [4.78, 5) is 0. The van der Waals surface area contributed by atoms with Gasteiger partial charge in [0.1, 0.15) is 5.82 Å². The zero-order chi connectivity index (χ0) is 15.7. The van der Waals surface area contributed by atoms with E-state index in [1.165, 1.54) is 12.1 Å². The van der Waals surface area contributed by atoms with Gasteiger partial charge in [0.25, 0.3) is 0 Å². The Morgan fingerprint density at radius 2 is 1.87 bits per heavy atom. The quantitative estimate of drug-likeness (QED) is 0.768. The smallest absolute Gasteiger partial charge is 0.123 e. The summed E-state index contributed by atoms with van der Waals surface area (Å²) in [5.74, 6) is -0.260. The first-order valence-corrected chi connectivity index (χ1v) is 7.31. The van der Waals surface area contributed by atoms with E-state index in [0.29, 0.717) is 0 Å². The Morgan fingerprint density at radius 1 is 1.17 bits per heavy atom. The van der Waals surface area contributed by atoms with Gasteiger partial charge in [0.2, 0.25) is 0 Å². The molecule has 0 aliphatic carbocycles. The third-order valence-electron chi connectivity index (χ3n) is 4.04. The molecule has 2 atom stereocenters. The summed E-state index contributed by atoms with van der Waals surface area (Å²) in [6.45, 7) is 2.09. The van der Waals surface area contributed by atoms with Crippen molar-refractivity contribution in [2.75, 3.05) is 6.54 Å². The van der Waals surface area contributed by atoms with Crippen molar-refractivity contribution in [1.29, 1.82) is 0 Å². The molecule has 1 heterocycles. The Labute approximate surface area is 141 Å². The van der Waals surface area contributed by atoms with Crippen molar-refractivity contribution in [2.24, 2.45) is 5.73 Å². The van der Waals surface area contributed by atoms with Crippen molar-refractivity contribution in [3.63, 3.8) is 0 Å². The highest BCUT2D eigenvalue weighted by molar-refractivity contribution is 5.85. The van der Waals surface area contributed by atoms with Crippen LogP contribution in [-0.2, 0) is 0 Å². The van der Waals surface area contributed by atoms with Crippen molar-refractivity contribution in [1.82, 2.24) is 4.57 Å². The molecule has 0 spiro atoms. The van der Waals surface area contributed by atoms with E-state index in [-0.39, 0.29) is 30.8 Å². The van der Waals surface area contributed by atoms with E-state index in [4.69, 9.17) is 5.73 Å². The van der Waals surface area contributed by atoms with Crippen LogP contribution < -0.4 is 5.73 Å². The number of nitrogens with two attached hydrogens (primary N) is 1. The molecule has 0 radical (unpaired) electrons. The lowest BCUT2D eigenvalue weighted by Crippen LogP contribution is -2.31. The van der Waals surface area contributed by atoms with Gasteiger partial charge in [-0.1, -0.05) is 30.3 Å². The molecule has 0 saturated carbocycles. The molecule has 3 N–H and O–H groups in total. The molecule has 0 amide bonds. The summed E-state index contributed by atoms with van der Waals surface area (Å²) >= 11 is 0. The number of aliphatic hydroxyl groups is 1. The zero-order valence-corrected chi connectivity index (χ0v) is 13.6. The third kappa shape index (κ3) is 3.24. The van der Waals surface area contributed by atoms with E-state index in [0.717, 1.165) is 22.0 Å². The molecule has 0 saturated heterocycles. The zero-order valence-electron chi connectivity index (χ0n) is 12.8. The van der Waals surface area contributed by atoms with Crippen LogP contribution in [0, 0.1) is 12.7 Å². The monoisotopic (exact) mass is 334 g/mol. The molecule has 2 aromatic carbocycles. The number of aromatic nitrogens is 1. The second-order valence-electron chi connectivity index (χ2n) is 5.54. The summed E-state index contributed by atoms with van der Waals surface area (Å²) in [7, 11) is 0. The summed E-state index contributed by atoms with van der Waals surface area (Å²) in [5.41, 5.74) is 8.53. The molecule has 3 nitrogen and oxygen atoms in total. The maximum atomic E-state index is 13.5. The van der Waals surface area contributed by atoms with Gasteiger partial charge >= 0.3 is 0 Å². The fraction of sp³-hybridized carbons (Fsp3) is 0.222. The average molecular weight is 335 g/mol. The lowest BCUT2D eigenvalue weighted by molar-refractivity contribution is 0.140. The summed E-state index contributed by atoms with van der Waals surface area (Å²) in [6, 6.07) is 14.2. The van der Waals surface area contributed by atoms with Gasteiger partial charge < -0.3 is 15.4 Å². The summed E-state index contributed by atoms with van der Waals surface area (Å²) in [6.07, 6.45) is 1.23. The largest absolute Gasteiger partial charge is 0.389 e. The van der Waals surface area contributed by atoms with Crippen LogP contribution in [-0.4, -0.2) is 22.3 Å². The highest BCUT2D eigenvalue weighted by Gasteiger charge is 2.23. The molecule has 3 aromatic rings. The Kier molecular flexibility index (Phi) is 5.42. The van der Waals surface area contributed by atoms with E-state index < -0.39 is 6.10 Å². The van der Waals surface area contributed by atoms with Gasteiger partial charge in [-0.25, -0.2) is 4.39 Å². The van der Waals surface area contributed by atoms with Crippen LogP contribution in [0.5, 0.6) is 0 Å². The van der Waals surface area contributed by atoms with Crippen LogP contribution in [0.2, 0.25) is 0 Å². The van der Waals surface area contributed by atoms with Crippen LogP contribution in [0.1, 0.15) is 17.2 Å². The minimum absolute atomic E-state index is 0. The Morgan fingerprint density at radius 3 is 2.52 bits per heavy atom. The standard InChI is InChI=1S/C18H19FN2O.ClH/c1-12-11-21(16-8-7-14(19)9-15(12)16)18(17(22)10-20)13-5-3-2-4-6-13;/h2-9,11,17-18,22H,10,20H2,1H3;1H. The average Bonchev–Trinajstić information content (AvgIpc) is 2.85. The van der Waals surface area contributed by atoms with E-state index >= 15 is 0 Å². The van der Waals surface area contributed by atoms with E-state index in [1.807, 2.05) is 48.0 Å². The molecule has 2 unspecified atom stereocenters. The molecule has 0 bridgehead atoms. The molecule has 23 heavy (non-hydrogen) atoms. The highest BCUT2D eigenvalue weighted by atomic mass is 35.5. The molecular formula is C18H20ClFN2O. The van der Waals surface area contributed by atoms with Gasteiger partial charge in [-0.05, 0) is 36.2 Å². The predicted octanol–water partition coefficient (Wildman–Crippen LogP) is 3.42. The molecule has 5 heteroatoms. The number of rotatable bonds is 4. The molecule has 3 rings (SSSR count). The number of nitrogens with zero attached hydrogens (tertiary/aromatic N) is 1. The minimum Gasteiger partial charge on any atom is -0.389 e. The SMILES string of the molecule is Cc1cn(C(c2ccccc2)C(O)CN)c2ccc(F)cc12.Cl. The molecule has 0 aliphatic heterocycles. The molecule has 1 aromatic heterocycles. The first-order chi connectivity index (χ1) is 10.6. The van der Waals surface area contributed by atoms with Gasteiger partial charge in [-0.2, -0.15) is 0 Å². The fourth-order valence-corrected chi connectivity index (χ4v) is 2.97. The van der Waals surface area contributed by atoms with Crippen molar-refractivity contribution < 1.29 is 9.50 Å². The van der Waals surface area contributed by atoms with E-state index in [1.54, 1.807) is 6.07 Å². The van der Waals surface area contributed by atoms with Gasteiger partial charge in [-0.3, -0.25) is 0 Å². The number of aryl methyl sites for hydroxylation is 1. The second kappa shape index (κ2) is 7.13. The summed E-state index contributed by atoms with van der Waals surface area (Å²) < 4.78 is 15.5. The van der Waals surface area contributed by atoms with Gasteiger partial charge in [-0.15, -0.1) is 12.4 Å². The Hall–Kier alpha value is -1.88. The second-order valence-corrected chi connectivity index (χ2v) is 5.54. The molecule has 122 valence electrons. The van der Waals surface area contributed by atoms with Crippen LogP contribution in [0.25, 0.3) is 10.9 Å². The van der Waals surface area contributed by atoms with Crippen molar-refractivity contribution >= 4 is 23.3 Å². The lowest BCUT2D eigenvalue weighted by Gasteiger charge is -2.25. The van der Waals surface area contributed by atoms with Crippen molar-refractivity contribution in [3.05, 3.63) is 71.7 Å². The number of aliphatic hydroxyl groups excluding tert-OH is 1. The molecular weight excluding hydrogens is 315 g/mol. The Bertz CT molecular complexity index is 788. The third-order valence-corrected chi connectivity index (χ3v) is 4.04. The highest BCUT2D eigenvalue weighted by Crippen LogP contribution is 2.30. The number of hydrogen-bond donors (Lipinski definition) is 2. The normalized spacial score (nSPS) is 13.6. The van der Waals surface area contributed by atoms with Gasteiger partial charge in [0, 0.05) is 23.6 Å². The fourth-order valence-electron chi connectivity index (χ4n) is 2.97. The van der Waals surface area contributed by atoms with Crippen LogP contribution in [0.4, 0.5) is 4.39 Å². The lowest BCUT2D eigenvalue weighted by atomic mass is 10.0. The number of benzene rings is 2. The van der Waals surface area contributed by atoms with Gasteiger partial charge in [0.05, 0.1) is 12.1 Å². The van der Waals surface area contributed by atoms with Crippen molar-refractivity contribution in [2.45, 2.75) is 19.1 Å². The van der Waals surface area contributed by atoms with Crippen molar-refractivity contribution in [3.8, 4) is 0 Å². The van der Waals surface area contributed by atoms with Gasteiger partial charge in [0.15, 0.2) is 0 Å². The maximum Gasteiger partial charge on any atom is 0.123 e. The summed E-state index contributed by atoms with van der Waals surface area (Å²) in [5, 5.41) is 11.3. The number of hydrogen-bond acceptors (Lipinski definition) is 2. The van der Waals surface area contributed by atoms with E-state index in [9.17, 15) is 9.50 Å². The number of halogens is 2. The maximum absolute atomic E-state index is 13.5. The van der Waals surface area contributed by atoms with E-state index in [2.05, 4.69) is 0 Å². The first kappa shape index (κ1) is 17.5. The predicted molar refractivity (Wildman–Crippen MR) is 93.5 cm³/mol. The van der Waals surface area contributed by atoms with Crippen LogP contribution in [0.3, 0.4) is 0 Å².